The number of piperidine rings is 1. The lowest BCUT2D eigenvalue weighted by molar-refractivity contribution is -0.131. The van der Waals surface area contributed by atoms with Gasteiger partial charge in [0.25, 0.3) is 0 Å². The summed E-state index contributed by atoms with van der Waals surface area (Å²) in [4.78, 5) is 19.3. The van der Waals surface area contributed by atoms with Gasteiger partial charge >= 0.3 is 0 Å². The average Bonchev–Trinajstić information content (AvgIpc) is 3.26. The predicted molar refractivity (Wildman–Crippen MR) is 135 cm³/mol. The molecule has 3 aliphatic rings. The van der Waals surface area contributed by atoms with E-state index in [9.17, 15) is 13.2 Å². The second kappa shape index (κ2) is 10.6. The van der Waals surface area contributed by atoms with Crippen molar-refractivity contribution in [1.29, 1.82) is 0 Å². The van der Waals surface area contributed by atoms with Crippen molar-refractivity contribution in [1.82, 2.24) is 18.8 Å². The van der Waals surface area contributed by atoms with Gasteiger partial charge in [0.2, 0.25) is 15.9 Å². The van der Waals surface area contributed by atoms with Crippen molar-refractivity contribution in [3.8, 4) is 0 Å². The first kappa shape index (κ1) is 25.5. The van der Waals surface area contributed by atoms with E-state index in [2.05, 4.69) is 9.55 Å². The molecule has 0 bridgehead atoms. The second-order valence-electron chi connectivity index (χ2n) is 9.43. The molecule has 186 valence electrons. The Bertz CT molecular complexity index is 1140. The van der Waals surface area contributed by atoms with Crippen molar-refractivity contribution in [2.24, 2.45) is 0 Å². The molecule has 34 heavy (non-hydrogen) atoms. The maximum absolute atomic E-state index is 12.9. The van der Waals surface area contributed by atoms with Gasteiger partial charge in [0.05, 0.1) is 5.75 Å². The Morgan fingerprint density at radius 1 is 1.06 bits per heavy atom. The number of likely N-dealkylation sites (tertiary alicyclic amines) is 1. The first-order chi connectivity index (χ1) is 15.9. The predicted octanol–water partition coefficient (Wildman–Crippen LogP) is 3.78. The summed E-state index contributed by atoms with van der Waals surface area (Å²) in [5.74, 6) is 1.43. The van der Waals surface area contributed by atoms with Gasteiger partial charge in [0, 0.05) is 68.4 Å². The Kier molecular flexibility index (Phi) is 7.92. The monoisotopic (exact) mass is 526 g/mol. The Balaban J connectivity index is 0.00000274. The third kappa shape index (κ3) is 5.30. The molecule has 0 N–H and O–H groups in total. The largest absolute Gasteiger partial charge is 0.343 e. The maximum atomic E-state index is 12.9. The number of hydrogen-bond donors (Lipinski definition) is 0. The fourth-order valence-corrected chi connectivity index (χ4v) is 7.02. The summed E-state index contributed by atoms with van der Waals surface area (Å²) >= 11 is 6.05. The number of sulfonamides is 1. The Morgan fingerprint density at radius 3 is 2.65 bits per heavy atom. The zero-order chi connectivity index (χ0) is 23.0. The third-order valence-electron chi connectivity index (χ3n) is 7.38. The van der Waals surface area contributed by atoms with Gasteiger partial charge in [-0.25, -0.2) is 13.4 Å². The lowest BCUT2D eigenvalue weighted by Gasteiger charge is -2.33. The number of rotatable bonds is 5. The third-order valence-corrected chi connectivity index (χ3v) is 9.43. The van der Waals surface area contributed by atoms with Gasteiger partial charge in [-0.1, -0.05) is 17.7 Å². The summed E-state index contributed by atoms with van der Waals surface area (Å²) in [5, 5.41) is 0.674. The quantitative estimate of drug-likeness (QED) is 0.593. The second-order valence-corrected chi connectivity index (χ2v) is 12.0. The minimum Gasteiger partial charge on any atom is -0.343 e. The van der Waals surface area contributed by atoms with Crippen molar-refractivity contribution >= 4 is 39.9 Å². The summed E-state index contributed by atoms with van der Waals surface area (Å²) in [6, 6.07) is 5.60. The van der Waals surface area contributed by atoms with Gasteiger partial charge in [0.15, 0.2) is 0 Å². The van der Waals surface area contributed by atoms with Crippen LogP contribution in [0.4, 0.5) is 0 Å². The van der Waals surface area contributed by atoms with Crippen LogP contribution >= 0.6 is 24.0 Å². The van der Waals surface area contributed by atoms with Gasteiger partial charge in [-0.05, 0) is 55.4 Å². The van der Waals surface area contributed by atoms with Gasteiger partial charge in [-0.3, -0.25) is 4.79 Å². The van der Waals surface area contributed by atoms with E-state index in [1.807, 2.05) is 23.2 Å². The summed E-state index contributed by atoms with van der Waals surface area (Å²) in [6.07, 6.45) is 8.02. The Labute approximate surface area is 212 Å². The average molecular weight is 528 g/mol. The van der Waals surface area contributed by atoms with Crippen LogP contribution in [0.2, 0.25) is 5.02 Å². The van der Waals surface area contributed by atoms with Crippen LogP contribution in [-0.2, 0) is 40.7 Å². The standard InChI is InChI=1S/C24H31ClN4O3S.ClH/c25-21-5-4-20-17-28(13-8-19(20)15-21)33(31,32)14-9-24(30)27-11-6-18(7-12-27)22-16-26-23-3-1-2-10-29(22)23;/h4-5,15-16,18H,1-3,6-14,17H2;1H. The van der Waals surface area contributed by atoms with Crippen molar-refractivity contribution < 1.29 is 13.2 Å². The van der Waals surface area contributed by atoms with Crippen LogP contribution < -0.4 is 0 Å². The first-order valence-corrected chi connectivity index (χ1v) is 14.0. The molecule has 1 fully saturated rings. The zero-order valence-corrected chi connectivity index (χ0v) is 21.7. The van der Waals surface area contributed by atoms with E-state index in [1.54, 1.807) is 6.07 Å². The number of carbonyl (C=O) groups is 1. The van der Waals surface area contributed by atoms with Crippen molar-refractivity contribution in [2.75, 3.05) is 25.4 Å². The van der Waals surface area contributed by atoms with Crippen LogP contribution in [0.25, 0.3) is 0 Å². The number of aromatic nitrogens is 2. The van der Waals surface area contributed by atoms with Crippen LogP contribution in [0, 0.1) is 0 Å². The number of halogens is 2. The topological polar surface area (TPSA) is 75.5 Å². The van der Waals surface area contributed by atoms with E-state index in [-0.39, 0.29) is 30.5 Å². The van der Waals surface area contributed by atoms with Gasteiger partial charge in [-0.15, -0.1) is 12.4 Å². The van der Waals surface area contributed by atoms with Gasteiger partial charge < -0.3 is 9.47 Å². The van der Waals surface area contributed by atoms with Gasteiger partial charge in [0.1, 0.15) is 5.82 Å². The number of imidazole rings is 1. The minimum atomic E-state index is -3.49. The molecule has 4 heterocycles. The number of nitrogens with zero attached hydrogens (tertiary/aromatic N) is 4. The molecule has 1 aromatic carbocycles. The highest BCUT2D eigenvalue weighted by Crippen LogP contribution is 2.31. The molecule has 1 amide bonds. The fraction of sp³-hybridized carbons (Fsp3) is 0.583. The lowest BCUT2D eigenvalue weighted by Crippen LogP contribution is -2.41. The molecule has 0 aliphatic carbocycles. The highest BCUT2D eigenvalue weighted by molar-refractivity contribution is 7.89. The van der Waals surface area contributed by atoms with Crippen molar-refractivity contribution in [2.45, 2.75) is 64.0 Å². The number of benzene rings is 1. The molecule has 10 heteroatoms. The normalized spacial score (nSPS) is 19.3. The zero-order valence-electron chi connectivity index (χ0n) is 19.3. The van der Waals surface area contributed by atoms with E-state index < -0.39 is 10.0 Å². The molecular formula is C24H32Cl2N4O3S. The number of amides is 1. The first-order valence-electron chi connectivity index (χ1n) is 12.0. The summed E-state index contributed by atoms with van der Waals surface area (Å²) in [7, 11) is -3.49. The van der Waals surface area contributed by atoms with E-state index in [0.29, 0.717) is 43.5 Å². The van der Waals surface area contributed by atoms with Crippen LogP contribution in [0.3, 0.4) is 0 Å². The van der Waals surface area contributed by atoms with E-state index in [0.717, 1.165) is 36.9 Å². The van der Waals surface area contributed by atoms with E-state index in [4.69, 9.17) is 11.6 Å². The van der Waals surface area contributed by atoms with Crippen LogP contribution in [0.5, 0.6) is 0 Å². The molecule has 0 unspecified atom stereocenters. The maximum Gasteiger partial charge on any atom is 0.223 e. The minimum absolute atomic E-state index is 0. The van der Waals surface area contributed by atoms with Crippen molar-refractivity contribution in [3.05, 3.63) is 52.1 Å². The highest BCUT2D eigenvalue weighted by atomic mass is 35.5. The number of fused-ring (bicyclic) bond motifs is 2. The summed E-state index contributed by atoms with van der Waals surface area (Å²) in [5.41, 5.74) is 3.41. The molecule has 3 aliphatic heterocycles. The molecule has 1 aromatic heterocycles. The SMILES string of the molecule is Cl.O=C(CCS(=O)(=O)N1CCc2cc(Cl)ccc2C1)N1CCC(c2cnc3n2CCCC3)CC1. The Morgan fingerprint density at radius 2 is 1.85 bits per heavy atom. The fourth-order valence-electron chi connectivity index (χ4n) is 5.43. The van der Waals surface area contributed by atoms with Crippen LogP contribution in [0.1, 0.15) is 60.7 Å². The Hall–Kier alpha value is -1.61. The molecule has 0 saturated carbocycles. The number of aryl methyl sites for hydroxylation is 1. The molecule has 1 saturated heterocycles. The molecule has 5 rings (SSSR count). The summed E-state index contributed by atoms with van der Waals surface area (Å²) < 4.78 is 29.7. The molecular weight excluding hydrogens is 495 g/mol. The van der Waals surface area contributed by atoms with Gasteiger partial charge in [-0.2, -0.15) is 4.31 Å². The smallest absolute Gasteiger partial charge is 0.223 e. The molecule has 0 atom stereocenters. The number of hydrogen-bond acceptors (Lipinski definition) is 4. The highest BCUT2D eigenvalue weighted by Gasteiger charge is 2.30. The number of carbonyl (C=O) groups excluding carboxylic acids is 1. The van der Waals surface area contributed by atoms with Crippen LogP contribution in [-0.4, -0.2) is 58.5 Å². The lowest BCUT2D eigenvalue weighted by atomic mass is 9.93. The van der Waals surface area contributed by atoms with Crippen molar-refractivity contribution in [3.63, 3.8) is 0 Å². The van der Waals surface area contributed by atoms with E-state index in [1.165, 1.54) is 28.7 Å². The van der Waals surface area contributed by atoms with E-state index >= 15 is 0 Å². The molecule has 7 nitrogen and oxygen atoms in total. The summed E-state index contributed by atoms with van der Waals surface area (Å²) in [6.45, 7) is 3.20. The molecule has 0 radical (unpaired) electrons. The molecule has 0 spiro atoms. The molecule has 2 aromatic rings. The van der Waals surface area contributed by atoms with Crippen LogP contribution in [0.15, 0.2) is 24.4 Å².